The molecule has 0 saturated carbocycles. The van der Waals surface area contributed by atoms with Gasteiger partial charge in [0, 0.05) is 23.6 Å². The zero-order valence-corrected chi connectivity index (χ0v) is 9.23. The van der Waals surface area contributed by atoms with E-state index in [-0.39, 0.29) is 5.91 Å². The summed E-state index contributed by atoms with van der Waals surface area (Å²) in [5.41, 5.74) is 0.553. The van der Waals surface area contributed by atoms with Crippen molar-refractivity contribution in [2.24, 2.45) is 0 Å². The van der Waals surface area contributed by atoms with Crippen molar-refractivity contribution >= 4 is 21.8 Å². The number of halogens is 1. The van der Waals surface area contributed by atoms with E-state index in [1.807, 2.05) is 0 Å². The monoisotopic (exact) mass is 254 g/mol. The van der Waals surface area contributed by atoms with Crippen molar-refractivity contribution in [2.45, 2.75) is 12.8 Å². The van der Waals surface area contributed by atoms with Gasteiger partial charge in [0.15, 0.2) is 0 Å². The molecule has 0 unspecified atom stereocenters. The van der Waals surface area contributed by atoms with Crippen LogP contribution >= 0.6 is 15.9 Å². The van der Waals surface area contributed by atoms with E-state index in [2.05, 4.69) is 32.2 Å². The number of nitrogens with one attached hydrogen (secondary N) is 2. The molecular formula is C10H11BrN2O. The van der Waals surface area contributed by atoms with Crippen LogP contribution in [-0.4, -0.2) is 17.4 Å². The summed E-state index contributed by atoms with van der Waals surface area (Å²) in [6, 6.07) is 1.73. The number of hydrogen-bond acceptors (Lipinski definition) is 1. The van der Waals surface area contributed by atoms with Crippen LogP contribution in [0.2, 0.25) is 0 Å². The maximum atomic E-state index is 11.4. The Balaban J connectivity index is 2.33. The third kappa shape index (κ3) is 3.27. The molecule has 0 aliphatic heterocycles. The highest BCUT2D eigenvalue weighted by Crippen LogP contribution is 2.10. The predicted molar refractivity (Wildman–Crippen MR) is 58.9 cm³/mol. The summed E-state index contributed by atoms with van der Waals surface area (Å²) in [7, 11) is 0. The van der Waals surface area contributed by atoms with Gasteiger partial charge in [-0.3, -0.25) is 4.79 Å². The lowest BCUT2D eigenvalue weighted by atomic mass is 10.3. The topological polar surface area (TPSA) is 44.9 Å². The fourth-order valence-corrected chi connectivity index (χ4v) is 1.33. The number of unbranched alkanes of at least 4 members (excludes halogenated alkanes) is 1. The minimum Gasteiger partial charge on any atom is -0.356 e. The van der Waals surface area contributed by atoms with Gasteiger partial charge in [-0.05, 0) is 28.4 Å². The van der Waals surface area contributed by atoms with Gasteiger partial charge in [-0.15, -0.1) is 12.3 Å². The molecule has 2 N–H and O–H groups in total. The van der Waals surface area contributed by atoms with Crippen LogP contribution in [0, 0.1) is 12.3 Å². The Morgan fingerprint density at radius 3 is 3.07 bits per heavy atom. The Bertz CT molecular complexity index is 351. The number of carbonyl (C=O) groups is 1. The molecule has 0 aromatic carbocycles. The van der Waals surface area contributed by atoms with Crippen molar-refractivity contribution in [3.8, 4) is 12.3 Å². The van der Waals surface area contributed by atoms with Crippen LogP contribution in [0.4, 0.5) is 0 Å². The van der Waals surface area contributed by atoms with Crippen LogP contribution in [0.1, 0.15) is 23.3 Å². The number of rotatable bonds is 4. The first kappa shape index (κ1) is 10.9. The number of H-pyrrole nitrogens is 1. The number of amides is 1. The molecule has 0 bridgehead atoms. The fraction of sp³-hybridized carbons (Fsp3) is 0.300. The van der Waals surface area contributed by atoms with Crippen molar-refractivity contribution in [2.75, 3.05) is 6.54 Å². The minimum absolute atomic E-state index is 0.104. The summed E-state index contributed by atoms with van der Waals surface area (Å²) in [5, 5.41) is 2.76. The predicted octanol–water partition coefficient (Wildman–Crippen LogP) is 1.92. The molecule has 0 aliphatic rings. The van der Waals surface area contributed by atoms with E-state index >= 15 is 0 Å². The van der Waals surface area contributed by atoms with Crippen LogP contribution < -0.4 is 5.32 Å². The molecular weight excluding hydrogens is 244 g/mol. The van der Waals surface area contributed by atoms with Crippen LogP contribution in [0.15, 0.2) is 16.7 Å². The summed E-state index contributed by atoms with van der Waals surface area (Å²) in [6.45, 7) is 0.611. The molecule has 1 aromatic rings. The summed E-state index contributed by atoms with van der Waals surface area (Å²) < 4.78 is 0.867. The van der Waals surface area contributed by atoms with Gasteiger partial charge >= 0.3 is 0 Å². The highest BCUT2D eigenvalue weighted by Gasteiger charge is 2.05. The van der Waals surface area contributed by atoms with Crippen LogP contribution in [0.5, 0.6) is 0 Å². The van der Waals surface area contributed by atoms with Gasteiger partial charge in [-0.25, -0.2) is 0 Å². The van der Waals surface area contributed by atoms with Crippen molar-refractivity contribution < 1.29 is 4.79 Å². The van der Waals surface area contributed by atoms with Gasteiger partial charge in [-0.1, -0.05) is 0 Å². The molecule has 74 valence electrons. The van der Waals surface area contributed by atoms with Gasteiger partial charge in [0.1, 0.15) is 5.69 Å². The van der Waals surface area contributed by atoms with Crippen molar-refractivity contribution in [3.63, 3.8) is 0 Å². The molecule has 0 spiro atoms. The van der Waals surface area contributed by atoms with Crippen molar-refractivity contribution in [3.05, 3.63) is 22.4 Å². The molecule has 0 aliphatic carbocycles. The smallest absolute Gasteiger partial charge is 0.267 e. The Labute approximate surface area is 91.4 Å². The largest absolute Gasteiger partial charge is 0.356 e. The molecule has 1 aromatic heterocycles. The SMILES string of the molecule is C#CCCCNC(=O)c1cc(Br)c[nH]1. The second kappa shape index (κ2) is 5.51. The number of terminal acetylenes is 1. The number of carbonyl (C=O) groups excluding carboxylic acids is 1. The summed E-state index contributed by atoms with van der Waals surface area (Å²) in [5.74, 6) is 2.41. The zero-order chi connectivity index (χ0) is 10.4. The maximum Gasteiger partial charge on any atom is 0.267 e. The average molecular weight is 255 g/mol. The second-order valence-corrected chi connectivity index (χ2v) is 3.71. The maximum absolute atomic E-state index is 11.4. The van der Waals surface area contributed by atoms with Crippen molar-refractivity contribution in [1.82, 2.24) is 10.3 Å². The lowest BCUT2D eigenvalue weighted by Crippen LogP contribution is -2.24. The molecule has 1 amide bonds. The van der Waals surface area contributed by atoms with Crippen molar-refractivity contribution in [1.29, 1.82) is 0 Å². The summed E-state index contributed by atoms with van der Waals surface area (Å²) in [6.07, 6.45) is 8.30. The second-order valence-electron chi connectivity index (χ2n) is 2.80. The van der Waals surface area contributed by atoms with E-state index in [0.717, 1.165) is 10.9 Å². The lowest BCUT2D eigenvalue weighted by Gasteiger charge is -2.00. The quantitative estimate of drug-likeness (QED) is 0.626. The van der Waals surface area contributed by atoms with E-state index in [4.69, 9.17) is 6.42 Å². The molecule has 0 fully saturated rings. The molecule has 0 saturated heterocycles. The molecule has 1 heterocycles. The van der Waals surface area contributed by atoms with Gasteiger partial charge in [-0.2, -0.15) is 0 Å². The van der Waals surface area contributed by atoms with E-state index in [1.54, 1.807) is 12.3 Å². The Morgan fingerprint density at radius 2 is 2.50 bits per heavy atom. The van der Waals surface area contributed by atoms with E-state index in [9.17, 15) is 4.79 Å². The average Bonchev–Trinajstić information content (AvgIpc) is 2.59. The van der Waals surface area contributed by atoms with E-state index in [0.29, 0.717) is 18.7 Å². The van der Waals surface area contributed by atoms with Crippen LogP contribution in [0.3, 0.4) is 0 Å². The van der Waals surface area contributed by atoms with Crippen LogP contribution in [-0.2, 0) is 0 Å². The normalized spacial score (nSPS) is 9.43. The Hall–Kier alpha value is -1.21. The summed E-state index contributed by atoms with van der Waals surface area (Å²) in [4.78, 5) is 14.3. The first-order valence-corrected chi connectivity index (χ1v) is 5.09. The Morgan fingerprint density at radius 1 is 1.71 bits per heavy atom. The fourth-order valence-electron chi connectivity index (χ4n) is 0.987. The third-order valence-corrected chi connectivity index (χ3v) is 2.13. The molecule has 0 atom stereocenters. The van der Waals surface area contributed by atoms with E-state index < -0.39 is 0 Å². The van der Waals surface area contributed by atoms with Gasteiger partial charge in [0.25, 0.3) is 5.91 Å². The molecule has 0 radical (unpaired) electrons. The van der Waals surface area contributed by atoms with Gasteiger partial charge in [0.05, 0.1) is 0 Å². The number of aromatic amines is 1. The first-order chi connectivity index (χ1) is 6.74. The number of hydrogen-bond donors (Lipinski definition) is 2. The standard InChI is InChI=1S/C10H11BrN2O/c1-2-3-4-5-12-10(14)9-6-8(11)7-13-9/h1,6-7,13H,3-5H2,(H,12,14). The first-order valence-electron chi connectivity index (χ1n) is 4.29. The van der Waals surface area contributed by atoms with Crippen LogP contribution in [0.25, 0.3) is 0 Å². The van der Waals surface area contributed by atoms with E-state index in [1.165, 1.54) is 0 Å². The molecule has 4 heteroatoms. The van der Waals surface area contributed by atoms with Gasteiger partial charge < -0.3 is 10.3 Å². The number of aromatic nitrogens is 1. The zero-order valence-electron chi connectivity index (χ0n) is 7.64. The van der Waals surface area contributed by atoms with Gasteiger partial charge in [0.2, 0.25) is 0 Å². The molecule has 3 nitrogen and oxygen atoms in total. The molecule has 1 rings (SSSR count). The lowest BCUT2D eigenvalue weighted by molar-refractivity contribution is 0.0949. The highest BCUT2D eigenvalue weighted by molar-refractivity contribution is 9.10. The Kier molecular flexibility index (Phi) is 4.27. The third-order valence-electron chi connectivity index (χ3n) is 1.68. The highest BCUT2D eigenvalue weighted by atomic mass is 79.9. The minimum atomic E-state index is -0.104. The molecule has 14 heavy (non-hydrogen) atoms. The summed E-state index contributed by atoms with van der Waals surface area (Å²) >= 11 is 3.26.